The van der Waals surface area contributed by atoms with Crippen LogP contribution in [-0.2, 0) is 12.8 Å². The van der Waals surface area contributed by atoms with Crippen LogP contribution < -0.4 is 5.84 Å². The van der Waals surface area contributed by atoms with E-state index in [2.05, 4.69) is 51.7 Å². The Bertz CT molecular complexity index is 319. The van der Waals surface area contributed by atoms with Gasteiger partial charge in [-0.3, -0.25) is 0 Å². The van der Waals surface area contributed by atoms with E-state index in [1.807, 2.05) is 0 Å². The number of hydrogen-bond donors (Lipinski definition) is 1. The van der Waals surface area contributed by atoms with Gasteiger partial charge in [0.1, 0.15) is 0 Å². The van der Waals surface area contributed by atoms with E-state index >= 15 is 0 Å². The predicted octanol–water partition coefficient (Wildman–Crippen LogP) is 2.17. The van der Waals surface area contributed by atoms with Crippen LogP contribution in [0.5, 0.6) is 0 Å². The first-order chi connectivity index (χ1) is 7.08. The van der Waals surface area contributed by atoms with E-state index in [9.17, 15) is 0 Å². The lowest BCUT2D eigenvalue weighted by molar-refractivity contribution is 0.387. The Hall–Kier alpha value is -1.06. The fourth-order valence-corrected chi connectivity index (χ4v) is 1.55. The average molecular weight is 224 g/mol. The van der Waals surface area contributed by atoms with Gasteiger partial charge in [-0.15, -0.1) is 10.2 Å². The lowest BCUT2D eigenvalue weighted by Gasteiger charge is -2.18. The fraction of sp³-hybridized carbons (Fsp3) is 0.833. The van der Waals surface area contributed by atoms with E-state index in [1.54, 1.807) is 4.68 Å². The van der Waals surface area contributed by atoms with E-state index in [4.69, 9.17) is 5.84 Å². The number of rotatable bonds is 2. The normalized spacial score (nSPS) is 13.1. The van der Waals surface area contributed by atoms with Crippen LogP contribution in [0.2, 0.25) is 0 Å². The number of nitrogen functional groups attached to an aromatic ring is 1. The van der Waals surface area contributed by atoms with Crippen molar-refractivity contribution in [3.63, 3.8) is 0 Å². The van der Waals surface area contributed by atoms with Crippen molar-refractivity contribution in [2.24, 2.45) is 10.8 Å². The van der Waals surface area contributed by atoms with Crippen LogP contribution in [0.15, 0.2) is 0 Å². The highest BCUT2D eigenvalue weighted by Crippen LogP contribution is 2.22. The standard InChI is InChI=1S/C12H24N4/c1-11(2,3)7-9-14-15-10(16(9)13)8-12(4,5)6/h7-8,13H2,1-6H3. The molecule has 2 N–H and O–H groups in total. The fourth-order valence-electron chi connectivity index (χ4n) is 1.55. The molecular weight excluding hydrogens is 200 g/mol. The Kier molecular flexibility index (Phi) is 3.31. The minimum atomic E-state index is 0.184. The molecule has 0 aliphatic heterocycles. The van der Waals surface area contributed by atoms with Crippen molar-refractivity contribution >= 4 is 0 Å². The largest absolute Gasteiger partial charge is 0.336 e. The Morgan fingerprint density at radius 3 is 1.44 bits per heavy atom. The molecule has 0 saturated carbocycles. The van der Waals surface area contributed by atoms with Gasteiger partial charge in [0.2, 0.25) is 0 Å². The molecule has 4 nitrogen and oxygen atoms in total. The van der Waals surface area contributed by atoms with Crippen LogP contribution in [0.1, 0.15) is 53.2 Å². The molecule has 0 unspecified atom stereocenters. The summed E-state index contributed by atoms with van der Waals surface area (Å²) in [6.45, 7) is 13.0. The lowest BCUT2D eigenvalue weighted by Crippen LogP contribution is -2.23. The number of hydrogen-bond acceptors (Lipinski definition) is 3. The number of nitrogens with zero attached hydrogens (tertiary/aromatic N) is 3. The third-order valence-electron chi connectivity index (χ3n) is 2.21. The molecule has 1 heterocycles. The van der Waals surface area contributed by atoms with Gasteiger partial charge in [0, 0.05) is 12.8 Å². The van der Waals surface area contributed by atoms with E-state index in [0.29, 0.717) is 0 Å². The summed E-state index contributed by atoms with van der Waals surface area (Å²) in [6.07, 6.45) is 1.70. The Morgan fingerprint density at radius 2 is 1.19 bits per heavy atom. The molecule has 1 aromatic heterocycles. The molecule has 92 valence electrons. The summed E-state index contributed by atoms with van der Waals surface area (Å²) in [5.74, 6) is 7.74. The summed E-state index contributed by atoms with van der Waals surface area (Å²) in [5.41, 5.74) is 0.367. The molecule has 0 aliphatic rings. The molecule has 0 bridgehead atoms. The maximum absolute atomic E-state index is 6.01. The second kappa shape index (κ2) is 4.07. The number of nitrogens with two attached hydrogens (primary N) is 1. The highest BCUT2D eigenvalue weighted by atomic mass is 15.4. The molecule has 0 spiro atoms. The van der Waals surface area contributed by atoms with E-state index in [0.717, 1.165) is 24.5 Å². The second-order valence-corrected chi connectivity index (χ2v) is 6.88. The third kappa shape index (κ3) is 3.83. The molecule has 0 aromatic carbocycles. The third-order valence-corrected chi connectivity index (χ3v) is 2.21. The summed E-state index contributed by atoms with van der Waals surface area (Å²) in [4.78, 5) is 0. The first-order valence-electron chi connectivity index (χ1n) is 5.77. The minimum Gasteiger partial charge on any atom is -0.336 e. The predicted molar refractivity (Wildman–Crippen MR) is 66.5 cm³/mol. The highest BCUT2D eigenvalue weighted by Gasteiger charge is 2.20. The molecule has 1 rings (SSSR count). The quantitative estimate of drug-likeness (QED) is 0.783. The smallest absolute Gasteiger partial charge is 0.152 e. The molecule has 0 saturated heterocycles. The van der Waals surface area contributed by atoms with Crippen molar-refractivity contribution < 1.29 is 0 Å². The van der Waals surface area contributed by atoms with Gasteiger partial charge in [0.25, 0.3) is 0 Å². The van der Waals surface area contributed by atoms with Crippen LogP contribution in [0.4, 0.5) is 0 Å². The van der Waals surface area contributed by atoms with Gasteiger partial charge in [-0.2, -0.15) is 0 Å². The van der Waals surface area contributed by atoms with Gasteiger partial charge in [0.05, 0.1) is 0 Å². The van der Waals surface area contributed by atoms with Gasteiger partial charge in [0.15, 0.2) is 11.6 Å². The molecule has 4 heteroatoms. The van der Waals surface area contributed by atoms with Gasteiger partial charge < -0.3 is 5.84 Å². The minimum absolute atomic E-state index is 0.184. The first-order valence-corrected chi connectivity index (χ1v) is 5.77. The average Bonchev–Trinajstić information content (AvgIpc) is 2.30. The molecule has 1 aromatic rings. The maximum Gasteiger partial charge on any atom is 0.152 e. The van der Waals surface area contributed by atoms with Crippen LogP contribution in [-0.4, -0.2) is 14.9 Å². The molecule has 0 aliphatic carbocycles. The molecule has 0 fully saturated rings. The Labute approximate surface area is 98.2 Å². The molecular formula is C12H24N4. The topological polar surface area (TPSA) is 56.7 Å². The number of aromatic nitrogens is 3. The maximum atomic E-state index is 6.01. The van der Waals surface area contributed by atoms with E-state index in [-0.39, 0.29) is 10.8 Å². The van der Waals surface area contributed by atoms with Crippen molar-refractivity contribution in [2.45, 2.75) is 54.4 Å². The van der Waals surface area contributed by atoms with Crippen molar-refractivity contribution in [3.05, 3.63) is 11.6 Å². The van der Waals surface area contributed by atoms with Crippen LogP contribution in [0, 0.1) is 10.8 Å². The summed E-state index contributed by atoms with van der Waals surface area (Å²) in [7, 11) is 0. The van der Waals surface area contributed by atoms with Gasteiger partial charge >= 0.3 is 0 Å². The van der Waals surface area contributed by atoms with Crippen LogP contribution in [0.25, 0.3) is 0 Å². The van der Waals surface area contributed by atoms with Gasteiger partial charge in [-0.05, 0) is 10.8 Å². The van der Waals surface area contributed by atoms with E-state index in [1.165, 1.54) is 0 Å². The summed E-state index contributed by atoms with van der Waals surface area (Å²) in [6, 6.07) is 0. The van der Waals surface area contributed by atoms with E-state index < -0.39 is 0 Å². The summed E-state index contributed by atoms with van der Waals surface area (Å²) in [5, 5.41) is 8.35. The SMILES string of the molecule is CC(C)(C)Cc1nnc(CC(C)(C)C)n1N. The summed E-state index contributed by atoms with van der Waals surface area (Å²) < 4.78 is 1.65. The zero-order chi connectivity index (χ0) is 12.6. The van der Waals surface area contributed by atoms with Crippen molar-refractivity contribution in [2.75, 3.05) is 5.84 Å². The highest BCUT2D eigenvalue weighted by molar-refractivity contribution is 5.00. The van der Waals surface area contributed by atoms with Gasteiger partial charge in [-0.1, -0.05) is 41.5 Å². The monoisotopic (exact) mass is 224 g/mol. The second-order valence-electron chi connectivity index (χ2n) is 6.88. The van der Waals surface area contributed by atoms with Crippen molar-refractivity contribution in [1.82, 2.24) is 14.9 Å². The van der Waals surface area contributed by atoms with Crippen LogP contribution >= 0.6 is 0 Å². The lowest BCUT2D eigenvalue weighted by atomic mass is 9.91. The van der Waals surface area contributed by atoms with Crippen molar-refractivity contribution in [1.29, 1.82) is 0 Å². The molecule has 0 radical (unpaired) electrons. The zero-order valence-electron chi connectivity index (χ0n) is 11.3. The Morgan fingerprint density at radius 1 is 0.875 bits per heavy atom. The Balaban J connectivity index is 2.85. The summed E-state index contributed by atoms with van der Waals surface area (Å²) >= 11 is 0. The molecule has 16 heavy (non-hydrogen) atoms. The first kappa shape index (κ1) is 13.0. The zero-order valence-corrected chi connectivity index (χ0v) is 11.3. The van der Waals surface area contributed by atoms with Crippen LogP contribution in [0.3, 0.4) is 0 Å². The van der Waals surface area contributed by atoms with Crippen molar-refractivity contribution in [3.8, 4) is 0 Å². The molecule has 0 amide bonds. The van der Waals surface area contributed by atoms with Gasteiger partial charge in [-0.25, -0.2) is 4.68 Å². The molecule has 0 atom stereocenters.